The van der Waals surface area contributed by atoms with Crippen LogP contribution in [-0.2, 0) is 10.8 Å². The lowest BCUT2D eigenvalue weighted by atomic mass is 9.64. The van der Waals surface area contributed by atoms with Gasteiger partial charge in [0.15, 0.2) is 0 Å². The summed E-state index contributed by atoms with van der Waals surface area (Å²) in [4.78, 5) is 4.96. The molecule has 64 heavy (non-hydrogen) atoms. The first-order valence-electron chi connectivity index (χ1n) is 22.3. The normalized spacial score (nSPS) is 14.2. The molecule has 0 amide bonds. The Kier molecular flexibility index (Phi) is 8.07. The third-order valence-electron chi connectivity index (χ3n) is 14.1. The van der Waals surface area contributed by atoms with Gasteiger partial charge >= 0.3 is 0 Å². The highest BCUT2D eigenvalue weighted by Gasteiger charge is 2.53. The molecule has 10 aromatic rings. The number of hydrogen-bond acceptors (Lipinski definition) is 2. The molecule has 2 nitrogen and oxygen atoms in total. The molecule has 300 valence electrons. The van der Waals surface area contributed by atoms with Crippen molar-refractivity contribution in [1.82, 2.24) is 0 Å². The van der Waals surface area contributed by atoms with E-state index in [2.05, 4.69) is 265 Å². The third kappa shape index (κ3) is 4.91. The Morgan fingerprint density at radius 1 is 0.297 bits per heavy atom. The fourth-order valence-corrected chi connectivity index (χ4v) is 11.8. The lowest BCUT2D eigenvalue weighted by Gasteiger charge is -2.45. The van der Waals surface area contributed by atoms with Gasteiger partial charge in [0.25, 0.3) is 0 Å². The monoisotopic (exact) mass is 814 g/mol. The molecule has 3 aliphatic rings. The Morgan fingerprint density at radius 3 is 1.39 bits per heavy atom. The SMILES string of the molecule is c1ccc(N(c2ccc3c(c2)C(c2ccccc2)(c2ccccc2)c2ccccc2-3)c2cccc3c2-c2ccccc2C32c3ccccc3N(c3ccccc3)c3ccccc32)cc1. The average molecular weight is 815 g/mol. The van der Waals surface area contributed by atoms with Gasteiger partial charge in [0.2, 0.25) is 0 Å². The van der Waals surface area contributed by atoms with E-state index in [1.165, 1.54) is 78.1 Å². The molecule has 10 aromatic carbocycles. The maximum atomic E-state index is 2.51. The summed E-state index contributed by atoms with van der Waals surface area (Å²) in [6, 6.07) is 94.5. The van der Waals surface area contributed by atoms with Crippen molar-refractivity contribution in [2.45, 2.75) is 10.8 Å². The number of para-hydroxylation sites is 4. The van der Waals surface area contributed by atoms with E-state index in [-0.39, 0.29) is 0 Å². The van der Waals surface area contributed by atoms with E-state index in [1.54, 1.807) is 0 Å². The van der Waals surface area contributed by atoms with Crippen LogP contribution in [0.2, 0.25) is 0 Å². The van der Waals surface area contributed by atoms with Crippen LogP contribution in [0, 0.1) is 0 Å². The van der Waals surface area contributed by atoms with Crippen LogP contribution in [0.1, 0.15) is 44.5 Å². The number of nitrogens with zero attached hydrogens (tertiary/aromatic N) is 2. The summed E-state index contributed by atoms with van der Waals surface area (Å²) in [6.45, 7) is 0. The van der Waals surface area contributed by atoms with Crippen molar-refractivity contribution in [3.8, 4) is 22.3 Å². The molecule has 0 radical (unpaired) electrons. The summed E-state index contributed by atoms with van der Waals surface area (Å²) in [6.07, 6.45) is 0. The first-order valence-corrected chi connectivity index (χ1v) is 22.3. The van der Waals surface area contributed by atoms with Crippen molar-refractivity contribution in [3.05, 3.63) is 299 Å². The Labute approximate surface area is 374 Å². The topological polar surface area (TPSA) is 6.48 Å². The molecule has 0 saturated carbocycles. The van der Waals surface area contributed by atoms with Crippen molar-refractivity contribution in [1.29, 1.82) is 0 Å². The molecule has 2 aliphatic carbocycles. The summed E-state index contributed by atoms with van der Waals surface area (Å²) in [5, 5.41) is 0. The molecule has 0 aromatic heterocycles. The van der Waals surface area contributed by atoms with Crippen LogP contribution < -0.4 is 9.80 Å². The number of anilines is 6. The van der Waals surface area contributed by atoms with Crippen LogP contribution in [0.25, 0.3) is 22.3 Å². The molecule has 13 rings (SSSR count). The average Bonchev–Trinajstić information content (AvgIpc) is 3.84. The van der Waals surface area contributed by atoms with Crippen molar-refractivity contribution in [2.24, 2.45) is 0 Å². The fourth-order valence-electron chi connectivity index (χ4n) is 11.8. The van der Waals surface area contributed by atoms with Gasteiger partial charge in [-0.05, 0) is 116 Å². The summed E-state index contributed by atoms with van der Waals surface area (Å²) in [7, 11) is 0. The first-order chi connectivity index (χ1) is 31.8. The molecule has 0 N–H and O–H groups in total. The number of benzene rings is 10. The highest BCUT2D eigenvalue weighted by molar-refractivity contribution is 6.01. The first kappa shape index (κ1) is 36.5. The van der Waals surface area contributed by atoms with Gasteiger partial charge in [0.05, 0.1) is 27.9 Å². The minimum absolute atomic E-state index is 0.526. The van der Waals surface area contributed by atoms with Crippen molar-refractivity contribution >= 4 is 34.1 Å². The zero-order valence-electron chi connectivity index (χ0n) is 35.1. The number of hydrogen-bond donors (Lipinski definition) is 0. The Balaban J connectivity index is 1.10. The highest BCUT2D eigenvalue weighted by Crippen LogP contribution is 2.65. The summed E-state index contributed by atoms with van der Waals surface area (Å²) < 4.78 is 0. The van der Waals surface area contributed by atoms with Gasteiger partial charge in [-0.1, -0.05) is 200 Å². The molecule has 1 aliphatic heterocycles. The van der Waals surface area contributed by atoms with E-state index in [4.69, 9.17) is 0 Å². The Morgan fingerprint density at radius 2 is 0.766 bits per heavy atom. The van der Waals surface area contributed by atoms with Crippen LogP contribution in [0.4, 0.5) is 34.1 Å². The quantitative estimate of drug-likeness (QED) is 0.165. The molecule has 1 spiro atoms. The van der Waals surface area contributed by atoms with Gasteiger partial charge < -0.3 is 9.80 Å². The smallest absolute Gasteiger partial charge is 0.0755 e. The molecular weight excluding hydrogens is 773 g/mol. The predicted octanol–water partition coefficient (Wildman–Crippen LogP) is 15.7. The van der Waals surface area contributed by atoms with Crippen LogP contribution in [0.5, 0.6) is 0 Å². The lowest BCUT2D eigenvalue weighted by Crippen LogP contribution is -2.36. The van der Waals surface area contributed by atoms with E-state index in [1.807, 2.05) is 0 Å². The second-order valence-corrected chi connectivity index (χ2v) is 17.1. The van der Waals surface area contributed by atoms with Gasteiger partial charge in [-0.3, -0.25) is 0 Å². The Hall–Kier alpha value is -8.20. The maximum absolute atomic E-state index is 2.51. The fraction of sp³-hybridized carbons (Fsp3) is 0.0323. The molecule has 0 atom stereocenters. The molecule has 0 fully saturated rings. The molecular formula is C62H42N2. The number of fused-ring (bicyclic) bond motifs is 12. The summed E-state index contributed by atoms with van der Waals surface area (Å²) in [5.74, 6) is 0. The van der Waals surface area contributed by atoms with Crippen molar-refractivity contribution < 1.29 is 0 Å². The van der Waals surface area contributed by atoms with Crippen molar-refractivity contribution in [2.75, 3.05) is 9.80 Å². The molecule has 2 heteroatoms. The van der Waals surface area contributed by atoms with E-state index in [0.29, 0.717) is 0 Å². The minimum atomic E-state index is -0.571. The van der Waals surface area contributed by atoms with E-state index in [0.717, 1.165) is 22.7 Å². The number of rotatable bonds is 6. The molecule has 0 bridgehead atoms. The van der Waals surface area contributed by atoms with Crippen LogP contribution in [-0.4, -0.2) is 0 Å². The second kappa shape index (κ2) is 14.2. The molecule has 1 heterocycles. The molecule has 0 unspecified atom stereocenters. The van der Waals surface area contributed by atoms with Crippen LogP contribution in [0.3, 0.4) is 0 Å². The van der Waals surface area contributed by atoms with Crippen LogP contribution in [0.15, 0.2) is 255 Å². The van der Waals surface area contributed by atoms with Gasteiger partial charge in [0, 0.05) is 22.6 Å². The van der Waals surface area contributed by atoms with E-state index in [9.17, 15) is 0 Å². The van der Waals surface area contributed by atoms with Gasteiger partial charge in [-0.2, -0.15) is 0 Å². The summed E-state index contributed by atoms with van der Waals surface area (Å²) in [5.41, 5.74) is 21.1. The lowest BCUT2D eigenvalue weighted by molar-refractivity contribution is 0.752. The molecule has 0 saturated heterocycles. The second-order valence-electron chi connectivity index (χ2n) is 17.1. The van der Waals surface area contributed by atoms with Gasteiger partial charge in [0.1, 0.15) is 0 Å². The van der Waals surface area contributed by atoms with E-state index < -0.39 is 10.8 Å². The van der Waals surface area contributed by atoms with Gasteiger partial charge in [-0.15, -0.1) is 0 Å². The summed E-state index contributed by atoms with van der Waals surface area (Å²) >= 11 is 0. The van der Waals surface area contributed by atoms with E-state index >= 15 is 0 Å². The zero-order valence-corrected chi connectivity index (χ0v) is 35.1. The maximum Gasteiger partial charge on any atom is 0.0755 e. The highest BCUT2D eigenvalue weighted by atomic mass is 15.2. The van der Waals surface area contributed by atoms with Crippen molar-refractivity contribution in [3.63, 3.8) is 0 Å². The minimum Gasteiger partial charge on any atom is -0.310 e. The Bertz CT molecular complexity index is 3310. The van der Waals surface area contributed by atoms with Crippen LogP contribution >= 0.6 is 0 Å². The zero-order chi connectivity index (χ0) is 42.2. The third-order valence-corrected chi connectivity index (χ3v) is 14.1. The predicted molar refractivity (Wildman–Crippen MR) is 264 cm³/mol. The largest absolute Gasteiger partial charge is 0.310 e. The standard InChI is InChI=1S/C62H42N2/c1-5-22-43(23-6-1)61(44-24-7-2-8-25-44)51-32-15-13-30-48(51)49-41-40-47(42-56(49)61)63(45-26-9-3-10-27-45)59-39-21-36-55-60(59)50-31-14-16-33-52(50)62(55)53-34-17-19-37-57(53)64(46-28-11-4-12-29-46)58-38-20-18-35-54(58)62/h1-42H. The van der Waals surface area contributed by atoms with Gasteiger partial charge in [-0.25, -0.2) is 0 Å².